The molecule has 0 bridgehead atoms. The molecule has 0 aliphatic rings. The van der Waals surface area contributed by atoms with Gasteiger partial charge in [0, 0.05) is 12.8 Å². The van der Waals surface area contributed by atoms with Crippen LogP contribution in [0.3, 0.4) is 0 Å². The van der Waals surface area contributed by atoms with Gasteiger partial charge in [-0.1, -0.05) is 379 Å². The fourth-order valence-electron chi connectivity index (χ4n) is 11.5. The standard InChI is InChI=1S/C89H153NO8/c1-6-8-10-12-14-16-18-20-22-24-26-28-30-32-34-36-38-40-41-42-43-44-45-46-47-48-50-52-54-56-58-60-62-64-66-68-70-72-74-76-78-80-87(92)98-85(84-97-89(88(93)94)95-82-81-90(3,4)5)83-96-86(91)79-77-75-73-71-69-67-65-63-61-59-57-55-53-51-49-39-37-35-33-31-29-27-25-23-21-19-17-15-13-11-9-7-2/h8,10,14,16,20,22,26,28,32,34,38,40,42-43,45-46,48,50,54,56,60,62,85,89H,6-7,9,11-13,15,17-19,21,23-25,27,29-31,33,35-37,39,41,44,47,49,51-53,55,57-59,61,63-84H2,1-5H3/p+1/b10-8-,16-14-,22-20-,28-26-,34-32-,40-38-,43-42-,46-45-,50-48-,56-54-,62-60-. The summed E-state index contributed by atoms with van der Waals surface area (Å²) in [5.41, 5.74) is 0. The van der Waals surface area contributed by atoms with E-state index in [0.717, 1.165) is 116 Å². The van der Waals surface area contributed by atoms with Gasteiger partial charge in [-0.3, -0.25) is 9.59 Å². The second-order valence-electron chi connectivity index (χ2n) is 28.4. The first kappa shape index (κ1) is 93.4. The van der Waals surface area contributed by atoms with E-state index in [2.05, 4.69) is 148 Å². The van der Waals surface area contributed by atoms with E-state index in [1.54, 1.807) is 0 Å². The highest BCUT2D eigenvalue weighted by molar-refractivity contribution is 5.71. The molecule has 0 rings (SSSR count). The van der Waals surface area contributed by atoms with E-state index in [1.165, 1.54) is 205 Å². The number of unbranched alkanes of at least 4 members (excludes halogenated alkanes) is 38. The fraction of sp³-hybridized carbons (Fsp3) is 0.719. The van der Waals surface area contributed by atoms with Crippen molar-refractivity contribution in [3.8, 4) is 0 Å². The fourth-order valence-corrected chi connectivity index (χ4v) is 11.5. The lowest BCUT2D eigenvalue weighted by Gasteiger charge is -2.25. The van der Waals surface area contributed by atoms with E-state index < -0.39 is 24.3 Å². The van der Waals surface area contributed by atoms with Crippen molar-refractivity contribution >= 4 is 17.9 Å². The number of carbonyl (C=O) groups excluding carboxylic acids is 2. The van der Waals surface area contributed by atoms with Crippen LogP contribution in [0.4, 0.5) is 0 Å². The zero-order chi connectivity index (χ0) is 71.1. The molecule has 1 N–H and O–H groups in total. The number of hydrogen-bond acceptors (Lipinski definition) is 7. The molecule has 0 aromatic heterocycles. The molecule has 0 spiro atoms. The van der Waals surface area contributed by atoms with Crippen molar-refractivity contribution in [2.45, 2.75) is 367 Å². The highest BCUT2D eigenvalue weighted by Gasteiger charge is 2.25. The summed E-state index contributed by atoms with van der Waals surface area (Å²) in [7, 11) is 5.98. The van der Waals surface area contributed by atoms with Gasteiger partial charge in [0.1, 0.15) is 13.2 Å². The van der Waals surface area contributed by atoms with Gasteiger partial charge in [-0.15, -0.1) is 0 Å². The molecule has 0 aliphatic heterocycles. The predicted molar refractivity (Wildman–Crippen MR) is 424 cm³/mol. The van der Waals surface area contributed by atoms with Crippen molar-refractivity contribution in [3.63, 3.8) is 0 Å². The number of ether oxygens (including phenoxy) is 4. The maximum atomic E-state index is 13.0. The Morgan fingerprint density at radius 2 is 0.582 bits per heavy atom. The number of likely N-dealkylation sites (N-methyl/N-ethyl adjacent to an activating group) is 1. The van der Waals surface area contributed by atoms with E-state index in [-0.39, 0.29) is 32.2 Å². The zero-order valence-electron chi connectivity index (χ0n) is 64.4. The molecule has 2 unspecified atom stereocenters. The molecular weight excluding hydrogens is 1210 g/mol. The van der Waals surface area contributed by atoms with Gasteiger partial charge in [0.05, 0.1) is 34.4 Å². The highest BCUT2D eigenvalue weighted by Crippen LogP contribution is 2.19. The van der Waals surface area contributed by atoms with Gasteiger partial charge in [-0.2, -0.15) is 0 Å². The van der Waals surface area contributed by atoms with Gasteiger partial charge >= 0.3 is 17.9 Å². The number of quaternary nitrogens is 1. The van der Waals surface area contributed by atoms with Crippen LogP contribution in [0.2, 0.25) is 0 Å². The maximum absolute atomic E-state index is 13.0. The number of carboxylic acid groups (broad SMARTS) is 1. The minimum atomic E-state index is -1.52. The van der Waals surface area contributed by atoms with E-state index in [9.17, 15) is 19.5 Å². The topological polar surface area (TPSA) is 108 Å². The minimum absolute atomic E-state index is 0.181. The predicted octanol–water partition coefficient (Wildman–Crippen LogP) is 26.4. The van der Waals surface area contributed by atoms with Gasteiger partial charge < -0.3 is 28.5 Å². The van der Waals surface area contributed by atoms with Crippen molar-refractivity contribution in [2.75, 3.05) is 47.5 Å². The Morgan fingerprint density at radius 3 is 0.867 bits per heavy atom. The lowest BCUT2D eigenvalue weighted by atomic mass is 10.0. The molecule has 2 atom stereocenters. The van der Waals surface area contributed by atoms with Crippen LogP contribution in [0, 0.1) is 0 Å². The Bertz CT molecular complexity index is 2080. The number of allylic oxidation sites excluding steroid dienone is 22. The number of esters is 2. The molecule has 0 aromatic rings. The number of rotatable bonds is 75. The summed E-state index contributed by atoms with van der Waals surface area (Å²) in [5.74, 6) is -2.01. The third kappa shape index (κ3) is 78.8. The first-order chi connectivity index (χ1) is 48.1. The molecule has 0 radical (unpaired) electrons. The van der Waals surface area contributed by atoms with Crippen LogP contribution in [0.5, 0.6) is 0 Å². The first-order valence-corrected chi connectivity index (χ1v) is 40.8. The molecule has 0 amide bonds. The minimum Gasteiger partial charge on any atom is -0.477 e. The van der Waals surface area contributed by atoms with Gasteiger partial charge in [0.2, 0.25) is 0 Å². The van der Waals surface area contributed by atoms with Crippen molar-refractivity contribution in [3.05, 3.63) is 134 Å². The molecular formula is C89H154NO8+. The number of carbonyl (C=O) groups is 3. The van der Waals surface area contributed by atoms with Crippen LogP contribution >= 0.6 is 0 Å². The van der Waals surface area contributed by atoms with Crippen LogP contribution in [0.15, 0.2) is 134 Å². The van der Waals surface area contributed by atoms with E-state index in [0.29, 0.717) is 23.9 Å². The monoisotopic (exact) mass is 1370 g/mol. The van der Waals surface area contributed by atoms with Crippen LogP contribution < -0.4 is 0 Å². The molecule has 0 aromatic carbocycles. The highest BCUT2D eigenvalue weighted by atomic mass is 16.7. The Balaban J connectivity index is 4.09. The molecule has 9 nitrogen and oxygen atoms in total. The Kier molecular flexibility index (Phi) is 74.5. The first-order valence-electron chi connectivity index (χ1n) is 40.8. The van der Waals surface area contributed by atoms with Crippen LogP contribution in [-0.2, 0) is 33.3 Å². The summed E-state index contributed by atoms with van der Waals surface area (Å²) in [6.07, 6.45) is 110. The average Bonchev–Trinajstić information content (AvgIpc) is 1.40. The van der Waals surface area contributed by atoms with Gasteiger partial charge in [0.25, 0.3) is 6.29 Å². The summed E-state index contributed by atoms with van der Waals surface area (Å²) in [5, 5.41) is 9.78. The quantitative estimate of drug-likeness (QED) is 0.0211. The van der Waals surface area contributed by atoms with Gasteiger partial charge in [0.15, 0.2) is 6.10 Å². The van der Waals surface area contributed by atoms with E-state index >= 15 is 0 Å². The Morgan fingerprint density at radius 1 is 0.316 bits per heavy atom. The van der Waals surface area contributed by atoms with E-state index in [1.807, 2.05) is 21.1 Å². The van der Waals surface area contributed by atoms with Crippen LogP contribution in [0.1, 0.15) is 354 Å². The van der Waals surface area contributed by atoms with Crippen molar-refractivity contribution in [1.82, 2.24) is 0 Å². The molecule has 562 valence electrons. The van der Waals surface area contributed by atoms with Crippen molar-refractivity contribution in [1.29, 1.82) is 0 Å². The molecule has 0 fully saturated rings. The van der Waals surface area contributed by atoms with Gasteiger partial charge in [-0.05, 0) is 96.3 Å². The zero-order valence-corrected chi connectivity index (χ0v) is 64.4. The van der Waals surface area contributed by atoms with Crippen molar-refractivity contribution in [2.24, 2.45) is 0 Å². The van der Waals surface area contributed by atoms with Crippen LogP contribution in [0.25, 0.3) is 0 Å². The number of carboxylic acids is 1. The number of aliphatic carboxylic acids is 1. The molecule has 9 heteroatoms. The normalized spacial score (nSPS) is 13.4. The Labute approximate surface area is 605 Å². The molecule has 0 saturated heterocycles. The Hall–Kier alpha value is -4.57. The average molecular weight is 1370 g/mol. The molecule has 98 heavy (non-hydrogen) atoms. The SMILES string of the molecule is CC/C=C\C/C=C\C/C=C\C/C=C\C/C=C\C/C=C\C/C=C\C/C=C\C/C=C\C/C=C\C/C=C\CCCCCCCCCC(=O)OC(COC(=O)CCCCCCCCCCCCCCCCCCCCCCCCCCCCCCCCCC)COC(OCC[N+](C)(C)C)C(=O)O. The smallest absolute Gasteiger partial charge is 0.361 e. The third-order valence-electron chi connectivity index (χ3n) is 17.7. The summed E-state index contributed by atoms with van der Waals surface area (Å²) in [4.78, 5) is 37.7. The summed E-state index contributed by atoms with van der Waals surface area (Å²) >= 11 is 0. The van der Waals surface area contributed by atoms with E-state index in [4.69, 9.17) is 18.9 Å². The van der Waals surface area contributed by atoms with Crippen LogP contribution in [-0.4, -0.2) is 87.4 Å². The second kappa shape index (κ2) is 78.2. The molecule has 0 saturated carbocycles. The summed E-state index contributed by atoms with van der Waals surface area (Å²) < 4.78 is 23.0. The molecule has 0 aliphatic carbocycles. The second-order valence-corrected chi connectivity index (χ2v) is 28.4. The third-order valence-corrected chi connectivity index (χ3v) is 17.7. The summed E-state index contributed by atoms with van der Waals surface area (Å²) in [6.45, 7) is 4.79. The van der Waals surface area contributed by atoms with Crippen molar-refractivity contribution < 1.29 is 42.9 Å². The largest absolute Gasteiger partial charge is 0.477 e. The maximum Gasteiger partial charge on any atom is 0.361 e. The lowest BCUT2D eigenvalue weighted by Crippen LogP contribution is -2.40. The lowest BCUT2D eigenvalue weighted by molar-refractivity contribution is -0.870. The number of hydrogen-bond donors (Lipinski definition) is 1. The number of nitrogens with zero attached hydrogens (tertiary/aromatic N) is 1. The molecule has 0 heterocycles. The summed E-state index contributed by atoms with van der Waals surface area (Å²) in [6, 6.07) is 0. The van der Waals surface area contributed by atoms with Gasteiger partial charge in [-0.25, -0.2) is 4.79 Å².